The fraction of sp³-hybridized carbons (Fsp3) is 0.912. The molecule has 0 aromatic heterocycles. The molecule has 7 unspecified atom stereocenters. The molecule has 11 heteroatoms. The van der Waals surface area contributed by atoms with Crippen molar-refractivity contribution in [2.75, 3.05) is 19.8 Å². The highest BCUT2D eigenvalue weighted by atomic mass is 16.7. The summed E-state index contributed by atoms with van der Waals surface area (Å²) in [7, 11) is 0. The summed E-state index contributed by atoms with van der Waals surface area (Å²) >= 11 is 0. The molecule has 79 heavy (non-hydrogen) atoms. The molecule has 7 atom stereocenters. The average molecular weight is 1120 g/mol. The first-order valence-electron chi connectivity index (χ1n) is 34.1. The standard InChI is InChI=1S/C68H129NO10/c1-3-5-7-9-11-13-34-38-42-46-50-54-61(71)60(59-78-68-67(76)66(75)65(74)62(58-70)79-68)69-63(72)55-51-47-43-39-36-32-30-28-26-24-22-20-18-16-15-17-19-21-23-25-27-29-31-33-37-41-45-49-53-57-77-64(73)56-52-48-44-40-35-14-12-10-8-6-4-2/h15,17,50,54,60-62,65-68,70-71,74-76H,3-14,16,18-49,51-53,55-59H2,1-2H3,(H,69,72)/b17-15-,54-50+. The predicted molar refractivity (Wildman–Crippen MR) is 329 cm³/mol. The molecule has 1 aliphatic heterocycles. The number of allylic oxidation sites excluding steroid dienone is 3. The molecular weight excluding hydrogens is 991 g/mol. The summed E-state index contributed by atoms with van der Waals surface area (Å²) in [6.07, 6.45) is 61.6. The monoisotopic (exact) mass is 1120 g/mol. The van der Waals surface area contributed by atoms with Crippen LogP contribution in [0.4, 0.5) is 0 Å². The van der Waals surface area contributed by atoms with E-state index in [4.69, 9.17) is 14.2 Å². The zero-order valence-electron chi connectivity index (χ0n) is 51.6. The molecule has 466 valence electrons. The van der Waals surface area contributed by atoms with Crippen LogP contribution in [0, 0.1) is 0 Å². The second-order valence-electron chi connectivity index (χ2n) is 23.9. The Morgan fingerprint density at radius 2 is 0.810 bits per heavy atom. The summed E-state index contributed by atoms with van der Waals surface area (Å²) in [5, 5.41) is 54.4. The van der Waals surface area contributed by atoms with Crippen LogP contribution in [0.15, 0.2) is 24.3 Å². The molecule has 0 radical (unpaired) electrons. The van der Waals surface area contributed by atoms with Crippen molar-refractivity contribution < 1.29 is 49.3 Å². The lowest BCUT2D eigenvalue weighted by Gasteiger charge is -2.40. The highest BCUT2D eigenvalue weighted by molar-refractivity contribution is 5.76. The number of amides is 1. The van der Waals surface area contributed by atoms with Gasteiger partial charge in [-0.25, -0.2) is 0 Å². The smallest absolute Gasteiger partial charge is 0.305 e. The predicted octanol–water partition coefficient (Wildman–Crippen LogP) is 16.8. The van der Waals surface area contributed by atoms with E-state index in [0.29, 0.717) is 19.4 Å². The second-order valence-corrected chi connectivity index (χ2v) is 23.9. The number of carbonyl (C=O) groups excluding carboxylic acids is 2. The van der Waals surface area contributed by atoms with Crippen molar-refractivity contribution in [1.82, 2.24) is 5.32 Å². The molecule has 0 saturated carbocycles. The van der Waals surface area contributed by atoms with Crippen LogP contribution in [0.2, 0.25) is 0 Å². The van der Waals surface area contributed by atoms with Gasteiger partial charge in [0.1, 0.15) is 24.4 Å². The van der Waals surface area contributed by atoms with E-state index in [1.54, 1.807) is 6.08 Å². The molecule has 1 rings (SSSR count). The van der Waals surface area contributed by atoms with Gasteiger partial charge in [-0.05, 0) is 57.8 Å². The Kier molecular flexibility index (Phi) is 55.1. The first-order valence-corrected chi connectivity index (χ1v) is 34.1. The number of rotatable bonds is 60. The van der Waals surface area contributed by atoms with E-state index in [2.05, 4.69) is 31.3 Å². The summed E-state index contributed by atoms with van der Waals surface area (Å²) in [5.74, 6) is -0.172. The third kappa shape index (κ3) is 47.2. The molecule has 1 aliphatic rings. The number of aliphatic hydroxyl groups is 5. The first kappa shape index (κ1) is 75.2. The topological polar surface area (TPSA) is 175 Å². The summed E-state index contributed by atoms with van der Waals surface area (Å²) in [4.78, 5) is 25.1. The summed E-state index contributed by atoms with van der Waals surface area (Å²) in [5.41, 5.74) is 0. The Bertz CT molecular complexity index is 1360. The van der Waals surface area contributed by atoms with E-state index < -0.39 is 49.5 Å². The molecule has 0 aliphatic carbocycles. The van der Waals surface area contributed by atoms with Gasteiger partial charge in [0, 0.05) is 12.8 Å². The lowest BCUT2D eigenvalue weighted by atomic mass is 9.99. The summed E-state index contributed by atoms with van der Waals surface area (Å²) in [6, 6.07) is -0.808. The largest absolute Gasteiger partial charge is 0.466 e. The maximum atomic E-state index is 13.0. The Morgan fingerprint density at radius 3 is 1.22 bits per heavy atom. The third-order valence-electron chi connectivity index (χ3n) is 16.3. The quantitative estimate of drug-likeness (QED) is 0.0195. The van der Waals surface area contributed by atoms with Gasteiger partial charge in [-0.15, -0.1) is 0 Å². The number of unbranched alkanes of at least 4 members (excludes halogenated alkanes) is 44. The zero-order valence-corrected chi connectivity index (χ0v) is 51.6. The minimum atomic E-state index is -1.57. The number of esters is 1. The van der Waals surface area contributed by atoms with Gasteiger partial charge in [0.25, 0.3) is 0 Å². The maximum absolute atomic E-state index is 13.0. The molecule has 11 nitrogen and oxygen atoms in total. The molecule has 1 saturated heterocycles. The molecular formula is C68H129NO10. The highest BCUT2D eigenvalue weighted by Crippen LogP contribution is 2.23. The van der Waals surface area contributed by atoms with Crippen LogP contribution in [0.1, 0.15) is 335 Å². The van der Waals surface area contributed by atoms with Crippen molar-refractivity contribution in [1.29, 1.82) is 0 Å². The van der Waals surface area contributed by atoms with Gasteiger partial charge in [0.2, 0.25) is 5.91 Å². The summed E-state index contributed by atoms with van der Waals surface area (Å²) < 4.78 is 16.7. The molecule has 1 heterocycles. The number of nitrogens with one attached hydrogen (secondary N) is 1. The van der Waals surface area contributed by atoms with E-state index in [-0.39, 0.29) is 18.5 Å². The van der Waals surface area contributed by atoms with Crippen LogP contribution in [0.3, 0.4) is 0 Å². The lowest BCUT2D eigenvalue weighted by molar-refractivity contribution is -0.302. The minimum Gasteiger partial charge on any atom is -0.466 e. The van der Waals surface area contributed by atoms with Crippen LogP contribution >= 0.6 is 0 Å². The molecule has 1 amide bonds. The van der Waals surface area contributed by atoms with E-state index in [1.807, 2.05) is 6.08 Å². The maximum Gasteiger partial charge on any atom is 0.305 e. The van der Waals surface area contributed by atoms with Gasteiger partial charge in [-0.2, -0.15) is 0 Å². The fourth-order valence-electron chi connectivity index (χ4n) is 10.9. The van der Waals surface area contributed by atoms with Crippen LogP contribution in [0.25, 0.3) is 0 Å². The third-order valence-corrected chi connectivity index (χ3v) is 16.3. The van der Waals surface area contributed by atoms with Gasteiger partial charge < -0.3 is 45.1 Å². The SMILES string of the molecule is CCCCCCCCCCC/C=C/C(O)C(COC1OC(CO)C(O)C(O)C1O)NC(=O)CCCCCCCCCCCCCCC/C=C\CCCCCCCCCCCCCCOC(=O)CCCCCCCCCCCCC. The highest BCUT2D eigenvalue weighted by Gasteiger charge is 2.44. The van der Waals surface area contributed by atoms with Crippen molar-refractivity contribution in [3.63, 3.8) is 0 Å². The number of hydrogen-bond acceptors (Lipinski definition) is 10. The Labute approximate surface area is 486 Å². The van der Waals surface area contributed by atoms with Crippen LogP contribution in [-0.2, 0) is 23.8 Å². The molecule has 1 fully saturated rings. The van der Waals surface area contributed by atoms with Gasteiger partial charge >= 0.3 is 5.97 Å². The van der Waals surface area contributed by atoms with Crippen molar-refractivity contribution >= 4 is 11.9 Å². The number of hydrogen-bond donors (Lipinski definition) is 6. The molecule has 6 N–H and O–H groups in total. The Balaban J connectivity index is 1.97. The van der Waals surface area contributed by atoms with E-state index in [9.17, 15) is 35.1 Å². The number of ether oxygens (including phenoxy) is 3. The lowest BCUT2D eigenvalue weighted by Crippen LogP contribution is -2.60. The van der Waals surface area contributed by atoms with E-state index >= 15 is 0 Å². The van der Waals surface area contributed by atoms with Crippen molar-refractivity contribution in [3.05, 3.63) is 24.3 Å². The van der Waals surface area contributed by atoms with Gasteiger partial charge in [0.05, 0.1) is 32.0 Å². The minimum absolute atomic E-state index is 0.00785. The van der Waals surface area contributed by atoms with Crippen LogP contribution in [-0.4, -0.2) is 100 Å². The molecule has 0 aromatic rings. The normalized spacial score (nSPS) is 18.5. The van der Waals surface area contributed by atoms with Gasteiger partial charge in [0.15, 0.2) is 6.29 Å². The van der Waals surface area contributed by atoms with Gasteiger partial charge in [-0.1, -0.05) is 289 Å². The fourth-order valence-corrected chi connectivity index (χ4v) is 10.9. The van der Waals surface area contributed by atoms with Crippen molar-refractivity contribution in [2.24, 2.45) is 0 Å². The van der Waals surface area contributed by atoms with Crippen molar-refractivity contribution in [3.8, 4) is 0 Å². The van der Waals surface area contributed by atoms with Crippen molar-refractivity contribution in [2.45, 2.75) is 378 Å². The average Bonchev–Trinajstić information content (AvgIpc) is 3.49. The molecule has 0 bridgehead atoms. The Hall–Kier alpha value is -1.86. The summed E-state index contributed by atoms with van der Waals surface area (Å²) in [6.45, 7) is 4.36. The van der Waals surface area contributed by atoms with E-state index in [0.717, 1.165) is 57.8 Å². The number of aliphatic hydroxyl groups excluding tert-OH is 5. The van der Waals surface area contributed by atoms with Crippen LogP contribution in [0.5, 0.6) is 0 Å². The van der Waals surface area contributed by atoms with E-state index in [1.165, 1.54) is 250 Å². The Morgan fingerprint density at radius 1 is 0.456 bits per heavy atom. The second kappa shape index (κ2) is 57.9. The first-order chi connectivity index (χ1) is 38.7. The molecule has 0 aromatic carbocycles. The zero-order chi connectivity index (χ0) is 57.3. The number of carbonyl (C=O) groups is 2. The van der Waals surface area contributed by atoms with Crippen LogP contribution < -0.4 is 5.32 Å². The molecule has 0 spiro atoms. The van der Waals surface area contributed by atoms with Gasteiger partial charge in [-0.3, -0.25) is 9.59 Å².